The third-order valence-corrected chi connectivity index (χ3v) is 4.01. The quantitative estimate of drug-likeness (QED) is 0.917. The fraction of sp³-hybridized carbons (Fsp3) is 0.467. The van der Waals surface area contributed by atoms with Gasteiger partial charge in [0.25, 0.3) is 0 Å². The van der Waals surface area contributed by atoms with E-state index in [1.165, 1.54) is 25.7 Å². The maximum Gasteiger partial charge on any atom is 0.131 e. The van der Waals surface area contributed by atoms with Crippen molar-refractivity contribution >= 4 is 5.82 Å². The second-order valence-electron chi connectivity index (χ2n) is 5.17. The molecule has 4 heteroatoms. The topological polar surface area (TPSA) is 56.7 Å². The lowest BCUT2D eigenvalue weighted by atomic mass is 10.1. The first-order valence-corrected chi connectivity index (χ1v) is 7.07. The second-order valence-corrected chi connectivity index (χ2v) is 5.17. The van der Waals surface area contributed by atoms with Crippen LogP contribution in [0.1, 0.15) is 44.3 Å². The molecule has 0 aromatic carbocycles. The minimum Gasteiger partial charge on any atom is -0.383 e. The SMILES string of the molecule is CCn1c(C2CCCC2)nc(-c2cccnc2)c1N. The van der Waals surface area contributed by atoms with Crippen molar-refractivity contribution in [2.45, 2.75) is 45.1 Å². The van der Waals surface area contributed by atoms with Crippen molar-refractivity contribution in [3.05, 3.63) is 30.4 Å². The summed E-state index contributed by atoms with van der Waals surface area (Å²) in [4.78, 5) is 8.99. The molecular formula is C15H20N4. The number of anilines is 1. The van der Waals surface area contributed by atoms with Crippen LogP contribution in [0.3, 0.4) is 0 Å². The molecule has 2 heterocycles. The van der Waals surface area contributed by atoms with Gasteiger partial charge < -0.3 is 10.3 Å². The van der Waals surface area contributed by atoms with Crippen LogP contribution in [0.2, 0.25) is 0 Å². The number of nitrogens with zero attached hydrogens (tertiary/aromatic N) is 3. The second kappa shape index (κ2) is 5.03. The highest BCUT2D eigenvalue weighted by atomic mass is 15.1. The number of hydrogen-bond acceptors (Lipinski definition) is 3. The summed E-state index contributed by atoms with van der Waals surface area (Å²) in [5.41, 5.74) is 8.18. The van der Waals surface area contributed by atoms with Crippen molar-refractivity contribution in [2.24, 2.45) is 0 Å². The highest BCUT2D eigenvalue weighted by Crippen LogP contribution is 2.37. The van der Waals surface area contributed by atoms with E-state index < -0.39 is 0 Å². The van der Waals surface area contributed by atoms with E-state index in [1.54, 1.807) is 6.20 Å². The normalized spacial score (nSPS) is 16.1. The summed E-state index contributed by atoms with van der Waals surface area (Å²) < 4.78 is 2.16. The Morgan fingerprint density at radius 2 is 2.16 bits per heavy atom. The number of hydrogen-bond donors (Lipinski definition) is 1. The maximum atomic E-state index is 6.29. The molecule has 0 bridgehead atoms. The molecule has 100 valence electrons. The average molecular weight is 256 g/mol. The molecule has 1 aliphatic carbocycles. The van der Waals surface area contributed by atoms with Crippen LogP contribution in [0.25, 0.3) is 11.3 Å². The van der Waals surface area contributed by atoms with Gasteiger partial charge in [-0.3, -0.25) is 4.98 Å². The van der Waals surface area contributed by atoms with Crippen LogP contribution in [0.5, 0.6) is 0 Å². The molecule has 1 saturated carbocycles. The largest absolute Gasteiger partial charge is 0.383 e. The van der Waals surface area contributed by atoms with Gasteiger partial charge >= 0.3 is 0 Å². The third kappa shape index (κ3) is 2.11. The summed E-state index contributed by atoms with van der Waals surface area (Å²) in [5, 5.41) is 0. The Hall–Kier alpha value is -1.84. The van der Waals surface area contributed by atoms with E-state index in [4.69, 9.17) is 10.7 Å². The molecule has 2 N–H and O–H groups in total. The fourth-order valence-electron chi connectivity index (χ4n) is 3.03. The first-order valence-electron chi connectivity index (χ1n) is 7.07. The first-order chi connectivity index (χ1) is 9.31. The van der Waals surface area contributed by atoms with Crippen LogP contribution in [0.4, 0.5) is 5.82 Å². The average Bonchev–Trinajstić information content (AvgIpc) is 3.07. The molecule has 0 amide bonds. The van der Waals surface area contributed by atoms with E-state index in [9.17, 15) is 0 Å². The molecule has 2 aromatic rings. The van der Waals surface area contributed by atoms with Gasteiger partial charge in [0.1, 0.15) is 17.3 Å². The van der Waals surface area contributed by atoms with E-state index in [2.05, 4.69) is 16.5 Å². The van der Waals surface area contributed by atoms with Crippen LogP contribution in [-0.4, -0.2) is 14.5 Å². The first kappa shape index (κ1) is 12.2. The van der Waals surface area contributed by atoms with Gasteiger partial charge in [-0.2, -0.15) is 0 Å². The Morgan fingerprint density at radius 1 is 1.37 bits per heavy atom. The molecule has 1 aliphatic rings. The lowest BCUT2D eigenvalue weighted by molar-refractivity contribution is 0.604. The molecule has 0 unspecified atom stereocenters. The monoisotopic (exact) mass is 256 g/mol. The smallest absolute Gasteiger partial charge is 0.131 e. The molecule has 0 spiro atoms. The number of nitrogen functional groups attached to an aromatic ring is 1. The van der Waals surface area contributed by atoms with Crippen molar-refractivity contribution in [3.63, 3.8) is 0 Å². The van der Waals surface area contributed by atoms with Crippen molar-refractivity contribution in [3.8, 4) is 11.3 Å². The van der Waals surface area contributed by atoms with Gasteiger partial charge in [-0.25, -0.2) is 4.98 Å². The van der Waals surface area contributed by atoms with Gasteiger partial charge in [-0.15, -0.1) is 0 Å². The molecule has 0 aliphatic heterocycles. The summed E-state index contributed by atoms with van der Waals surface area (Å²) in [6.07, 6.45) is 8.70. The minimum absolute atomic E-state index is 0.577. The zero-order chi connectivity index (χ0) is 13.2. The van der Waals surface area contributed by atoms with E-state index >= 15 is 0 Å². The Labute approximate surface area is 113 Å². The highest BCUT2D eigenvalue weighted by Gasteiger charge is 2.25. The van der Waals surface area contributed by atoms with Crippen LogP contribution >= 0.6 is 0 Å². The predicted octanol–water partition coefficient (Wildman–Crippen LogP) is 3.20. The van der Waals surface area contributed by atoms with E-state index in [0.29, 0.717) is 5.92 Å². The maximum absolute atomic E-state index is 6.29. The van der Waals surface area contributed by atoms with Gasteiger partial charge in [0, 0.05) is 30.4 Å². The van der Waals surface area contributed by atoms with E-state index in [-0.39, 0.29) is 0 Å². The summed E-state index contributed by atoms with van der Waals surface area (Å²) in [6, 6.07) is 3.94. The van der Waals surface area contributed by atoms with Crippen LogP contribution in [0, 0.1) is 0 Å². The lowest BCUT2D eigenvalue weighted by Gasteiger charge is -2.11. The van der Waals surface area contributed by atoms with Gasteiger partial charge in [0.15, 0.2) is 0 Å². The Kier molecular flexibility index (Phi) is 3.23. The van der Waals surface area contributed by atoms with Crippen molar-refractivity contribution in [1.29, 1.82) is 0 Å². The standard InChI is InChI=1S/C15H20N4/c1-2-19-14(16)13(12-8-5-9-17-10-12)18-15(19)11-6-3-4-7-11/h5,8-11H,2-4,6-7,16H2,1H3. The molecule has 4 nitrogen and oxygen atoms in total. The third-order valence-electron chi connectivity index (χ3n) is 4.01. The highest BCUT2D eigenvalue weighted by molar-refractivity contribution is 5.70. The number of nitrogens with two attached hydrogens (primary N) is 1. The van der Waals surface area contributed by atoms with Crippen molar-refractivity contribution in [2.75, 3.05) is 5.73 Å². The number of pyridine rings is 1. The molecule has 1 fully saturated rings. The van der Waals surface area contributed by atoms with Gasteiger partial charge in [0.2, 0.25) is 0 Å². The number of aromatic nitrogens is 3. The number of imidazole rings is 1. The molecule has 0 radical (unpaired) electrons. The molecule has 19 heavy (non-hydrogen) atoms. The van der Waals surface area contributed by atoms with Gasteiger partial charge in [0.05, 0.1) is 0 Å². The zero-order valence-corrected chi connectivity index (χ0v) is 11.3. The molecular weight excluding hydrogens is 236 g/mol. The van der Waals surface area contributed by atoms with Crippen LogP contribution < -0.4 is 5.73 Å². The number of rotatable bonds is 3. The molecule has 0 atom stereocenters. The predicted molar refractivity (Wildman–Crippen MR) is 76.8 cm³/mol. The van der Waals surface area contributed by atoms with Gasteiger partial charge in [-0.05, 0) is 31.9 Å². The van der Waals surface area contributed by atoms with Crippen molar-refractivity contribution in [1.82, 2.24) is 14.5 Å². The van der Waals surface area contributed by atoms with Gasteiger partial charge in [-0.1, -0.05) is 12.8 Å². The Bertz CT molecular complexity index is 553. The van der Waals surface area contributed by atoms with Crippen molar-refractivity contribution < 1.29 is 0 Å². The van der Waals surface area contributed by atoms with E-state index in [1.807, 2.05) is 18.3 Å². The summed E-state index contributed by atoms with van der Waals surface area (Å²) in [5.74, 6) is 2.52. The lowest BCUT2D eigenvalue weighted by Crippen LogP contribution is -2.08. The van der Waals surface area contributed by atoms with E-state index in [0.717, 1.165) is 29.4 Å². The molecule has 3 rings (SSSR count). The molecule has 2 aromatic heterocycles. The Balaban J connectivity index is 2.07. The fourth-order valence-corrected chi connectivity index (χ4v) is 3.03. The zero-order valence-electron chi connectivity index (χ0n) is 11.3. The molecule has 0 saturated heterocycles. The van der Waals surface area contributed by atoms with Crippen LogP contribution in [0.15, 0.2) is 24.5 Å². The Morgan fingerprint density at radius 3 is 2.79 bits per heavy atom. The minimum atomic E-state index is 0.577. The summed E-state index contributed by atoms with van der Waals surface area (Å²) in [6.45, 7) is 3.01. The summed E-state index contributed by atoms with van der Waals surface area (Å²) >= 11 is 0. The van der Waals surface area contributed by atoms with Crippen LogP contribution in [-0.2, 0) is 6.54 Å². The summed E-state index contributed by atoms with van der Waals surface area (Å²) in [7, 11) is 0.